The number of para-hydroxylation sites is 1. The van der Waals surface area contributed by atoms with E-state index in [-0.39, 0.29) is 24.0 Å². The molecular formula is C25H23N3O5. The molecule has 8 heteroatoms. The highest BCUT2D eigenvalue weighted by Crippen LogP contribution is 2.22. The molecule has 4 aromatic rings. The number of ether oxygens (including phenoxy) is 2. The molecule has 0 bridgehead atoms. The zero-order chi connectivity index (χ0) is 23.0. The van der Waals surface area contributed by atoms with Crippen molar-refractivity contribution in [2.75, 3.05) is 31.0 Å². The summed E-state index contributed by atoms with van der Waals surface area (Å²) >= 11 is 0. The third-order valence-corrected chi connectivity index (χ3v) is 4.80. The molecule has 0 spiro atoms. The van der Waals surface area contributed by atoms with Gasteiger partial charge in [0.2, 0.25) is 11.8 Å². The van der Waals surface area contributed by atoms with E-state index < -0.39 is 0 Å². The Bertz CT molecular complexity index is 1220. The van der Waals surface area contributed by atoms with Crippen molar-refractivity contribution in [1.29, 1.82) is 0 Å². The monoisotopic (exact) mass is 445 g/mol. The van der Waals surface area contributed by atoms with Crippen LogP contribution in [0.5, 0.6) is 5.88 Å². The van der Waals surface area contributed by atoms with Gasteiger partial charge < -0.3 is 24.5 Å². The molecule has 33 heavy (non-hydrogen) atoms. The van der Waals surface area contributed by atoms with Gasteiger partial charge in [0, 0.05) is 24.4 Å². The Balaban J connectivity index is 1.34. The molecule has 0 saturated heterocycles. The molecule has 4 rings (SSSR count). The molecule has 2 aromatic carbocycles. The highest BCUT2D eigenvalue weighted by Gasteiger charge is 2.13. The van der Waals surface area contributed by atoms with E-state index in [0.29, 0.717) is 36.1 Å². The second kappa shape index (κ2) is 10.4. The molecule has 0 saturated carbocycles. The van der Waals surface area contributed by atoms with Crippen LogP contribution >= 0.6 is 0 Å². The largest absolute Gasteiger partial charge is 0.474 e. The standard InChI is InChI=1S/C25H23N3O5/c1-31-13-14-32-25-20(6-4-12-26-25)28-23(29)15-17-8-10-19(11-9-17)27-24(30)22-16-18-5-2-3-7-21(18)33-22/h2-12,16H,13-15H2,1H3,(H,27,30)(H,28,29). The van der Waals surface area contributed by atoms with E-state index in [1.807, 2.05) is 24.3 Å². The van der Waals surface area contributed by atoms with Crippen LogP contribution in [-0.2, 0) is 16.0 Å². The minimum absolute atomic E-state index is 0.157. The van der Waals surface area contributed by atoms with Gasteiger partial charge in [0.25, 0.3) is 5.91 Å². The molecule has 0 aliphatic heterocycles. The minimum atomic E-state index is -0.339. The van der Waals surface area contributed by atoms with Gasteiger partial charge in [-0.1, -0.05) is 30.3 Å². The number of hydrogen-bond acceptors (Lipinski definition) is 6. The number of furan rings is 1. The van der Waals surface area contributed by atoms with Crippen LogP contribution in [0.25, 0.3) is 11.0 Å². The first-order chi connectivity index (χ1) is 16.1. The second-order valence-electron chi connectivity index (χ2n) is 7.22. The van der Waals surface area contributed by atoms with Crippen molar-refractivity contribution in [3.63, 3.8) is 0 Å². The molecule has 0 fully saturated rings. The number of hydrogen-bond donors (Lipinski definition) is 2. The smallest absolute Gasteiger partial charge is 0.291 e. The van der Waals surface area contributed by atoms with E-state index in [1.165, 1.54) is 0 Å². The highest BCUT2D eigenvalue weighted by molar-refractivity contribution is 6.04. The van der Waals surface area contributed by atoms with Gasteiger partial charge in [-0.05, 0) is 42.0 Å². The molecule has 2 aromatic heterocycles. The molecule has 8 nitrogen and oxygen atoms in total. The highest BCUT2D eigenvalue weighted by atomic mass is 16.5. The third kappa shape index (κ3) is 5.75. The van der Waals surface area contributed by atoms with Crippen molar-refractivity contribution >= 4 is 34.2 Å². The van der Waals surface area contributed by atoms with Crippen molar-refractivity contribution in [3.8, 4) is 5.88 Å². The fraction of sp³-hybridized carbons (Fsp3) is 0.160. The third-order valence-electron chi connectivity index (χ3n) is 4.80. The van der Waals surface area contributed by atoms with Gasteiger partial charge in [-0.25, -0.2) is 4.98 Å². The van der Waals surface area contributed by atoms with Crippen LogP contribution in [0.1, 0.15) is 16.1 Å². The fourth-order valence-corrected chi connectivity index (χ4v) is 3.19. The number of fused-ring (bicyclic) bond motifs is 1. The van der Waals surface area contributed by atoms with Crippen molar-refractivity contribution < 1.29 is 23.5 Å². The summed E-state index contributed by atoms with van der Waals surface area (Å²) in [5.74, 6) is 0.0270. The molecular weight excluding hydrogens is 422 g/mol. The lowest BCUT2D eigenvalue weighted by Crippen LogP contribution is -2.16. The predicted molar refractivity (Wildman–Crippen MR) is 125 cm³/mol. The van der Waals surface area contributed by atoms with E-state index in [4.69, 9.17) is 13.9 Å². The number of carbonyl (C=O) groups is 2. The van der Waals surface area contributed by atoms with Crippen LogP contribution in [-0.4, -0.2) is 37.1 Å². The van der Waals surface area contributed by atoms with Gasteiger partial charge in [-0.2, -0.15) is 0 Å². The fourth-order valence-electron chi connectivity index (χ4n) is 3.19. The Hall–Kier alpha value is -4.17. The normalized spacial score (nSPS) is 10.7. The quantitative estimate of drug-likeness (QED) is 0.373. The van der Waals surface area contributed by atoms with Gasteiger partial charge in [0.05, 0.1) is 13.0 Å². The molecule has 0 radical (unpaired) electrons. The Morgan fingerprint density at radius 2 is 1.79 bits per heavy atom. The molecule has 0 atom stereocenters. The Kier molecular flexibility index (Phi) is 6.96. The summed E-state index contributed by atoms with van der Waals surface area (Å²) in [7, 11) is 1.58. The van der Waals surface area contributed by atoms with Crippen molar-refractivity contribution in [2.45, 2.75) is 6.42 Å². The van der Waals surface area contributed by atoms with Crippen LogP contribution in [0.4, 0.5) is 11.4 Å². The lowest BCUT2D eigenvalue weighted by atomic mass is 10.1. The van der Waals surface area contributed by atoms with Gasteiger partial charge in [-0.3, -0.25) is 9.59 Å². The number of carbonyl (C=O) groups excluding carboxylic acids is 2. The number of nitrogens with zero attached hydrogens (tertiary/aromatic N) is 1. The number of nitrogens with one attached hydrogen (secondary N) is 2. The first-order valence-corrected chi connectivity index (χ1v) is 10.4. The topological polar surface area (TPSA) is 103 Å². The second-order valence-corrected chi connectivity index (χ2v) is 7.22. The van der Waals surface area contributed by atoms with Gasteiger partial charge >= 0.3 is 0 Å². The molecule has 2 N–H and O–H groups in total. The number of methoxy groups -OCH3 is 1. The maximum atomic E-state index is 12.5. The summed E-state index contributed by atoms with van der Waals surface area (Å²) < 4.78 is 16.1. The van der Waals surface area contributed by atoms with E-state index in [1.54, 1.807) is 55.8 Å². The zero-order valence-electron chi connectivity index (χ0n) is 18.0. The van der Waals surface area contributed by atoms with Crippen LogP contribution in [0.2, 0.25) is 0 Å². The Morgan fingerprint density at radius 1 is 0.970 bits per heavy atom. The van der Waals surface area contributed by atoms with Crippen molar-refractivity contribution in [2.24, 2.45) is 0 Å². The Morgan fingerprint density at radius 3 is 2.58 bits per heavy atom. The first-order valence-electron chi connectivity index (χ1n) is 10.4. The molecule has 2 heterocycles. The van der Waals surface area contributed by atoms with Crippen LogP contribution in [0.3, 0.4) is 0 Å². The summed E-state index contributed by atoms with van der Waals surface area (Å²) in [6.07, 6.45) is 1.75. The first kappa shape index (κ1) is 22.0. The van der Waals surface area contributed by atoms with Gasteiger partial charge in [0.1, 0.15) is 17.9 Å². The average Bonchev–Trinajstić information content (AvgIpc) is 3.26. The van der Waals surface area contributed by atoms with E-state index in [9.17, 15) is 9.59 Å². The lowest BCUT2D eigenvalue weighted by Gasteiger charge is -2.11. The van der Waals surface area contributed by atoms with E-state index >= 15 is 0 Å². The summed E-state index contributed by atoms with van der Waals surface area (Å²) in [4.78, 5) is 29.1. The number of benzene rings is 2. The number of anilines is 2. The zero-order valence-corrected chi connectivity index (χ0v) is 18.0. The maximum absolute atomic E-state index is 12.5. The summed E-state index contributed by atoms with van der Waals surface area (Å²) in [5.41, 5.74) is 2.55. The molecule has 0 aliphatic rings. The molecule has 168 valence electrons. The van der Waals surface area contributed by atoms with Crippen LogP contribution in [0, 0.1) is 0 Å². The Labute approximate surface area is 190 Å². The summed E-state index contributed by atoms with van der Waals surface area (Å²) in [6.45, 7) is 0.751. The SMILES string of the molecule is COCCOc1ncccc1NC(=O)Cc1ccc(NC(=O)c2cc3ccccc3o2)cc1. The minimum Gasteiger partial charge on any atom is -0.474 e. The predicted octanol–water partition coefficient (Wildman–Crippen LogP) is 4.29. The number of amides is 2. The molecule has 0 unspecified atom stereocenters. The lowest BCUT2D eigenvalue weighted by molar-refractivity contribution is -0.115. The van der Waals surface area contributed by atoms with Crippen LogP contribution < -0.4 is 15.4 Å². The van der Waals surface area contributed by atoms with Gasteiger partial charge in [0.15, 0.2) is 5.76 Å². The number of pyridine rings is 1. The average molecular weight is 445 g/mol. The van der Waals surface area contributed by atoms with Crippen LogP contribution in [0.15, 0.2) is 77.3 Å². The number of aromatic nitrogens is 1. The van der Waals surface area contributed by atoms with Gasteiger partial charge in [-0.15, -0.1) is 0 Å². The number of rotatable bonds is 9. The summed E-state index contributed by atoms with van der Waals surface area (Å²) in [5, 5.41) is 6.49. The summed E-state index contributed by atoms with van der Waals surface area (Å²) in [6, 6.07) is 19.6. The maximum Gasteiger partial charge on any atom is 0.291 e. The molecule has 2 amide bonds. The van der Waals surface area contributed by atoms with E-state index in [2.05, 4.69) is 15.6 Å². The van der Waals surface area contributed by atoms with Crippen molar-refractivity contribution in [1.82, 2.24) is 4.98 Å². The van der Waals surface area contributed by atoms with Crippen molar-refractivity contribution in [3.05, 3.63) is 84.3 Å². The van der Waals surface area contributed by atoms with E-state index in [0.717, 1.165) is 10.9 Å². The molecule has 0 aliphatic carbocycles.